The average Bonchev–Trinajstić information content (AvgIpc) is 2.22. The summed E-state index contributed by atoms with van der Waals surface area (Å²) in [7, 11) is 0. The SMILES string of the molecule is CC(C)(C)OC(=O)N1CC(NCc2cc(F)cc(F)c2)C1. The van der Waals surface area contributed by atoms with Gasteiger partial charge in [0.25, 0.3) is 0 Å². The molecule has 0 unspecified atom stereocenters. The van der Waals surface area contributed by atoms with Gasteiger partial charge in [-0.25, -0.2) is 13.6 Å². The van der Waals surface area contributed by atoms with Crippen molar-refractivity contribution in [3.8, 4) is 0 Å². The van der Waals surface area contributed by atoms with E-state index in [4.69, 9.17) is 4.74 Å². The normalized spacial score (nSPS) is 15.8. The van der Waals surface area contributed by atoms with Crippen LogP contribution in [0.15, 0.2) is 18.2 Å². The second-order valence-electron chi connectivity index (χ2n) is 6.24. The average molecular weight is 298 g/mol. The molecule has 1 aliphatic rings. The molecule has 1 N–H and O–H groups in total. The van der Waals surface area contributed by atoms with Gasteiger partial charge in [0.05, 0.1) is 0 Å². The molecule has 1 amide bonds. The van der Waals surface area contributed by atoms with Crippen molar-refractivity contribution in [3.05, 3.63) is 35.4 Å². The number of likely N-dealkylation sites (tertiary alicyclic amines) is 1. The first kappa shape index (κ1) is 15.7. The first-order chi connectivity index (χ1) is 9.73. The molecule has 1 saturated heterocycles. The van der Waals surface area contributed by atoms with Crippen LogP contribution in [0, 0.1) is 11.6 Å². The zero-order valence-corrected chi connectivity index (χ0v) is 12.5. The van der Waals surface area contributed by atoms with Gasteiger partial charge in [-0.1, -0.05) is 0 Å². The maximum atomic E-state index is 13.0. The Bertz CT molecular complexity index is 503. The summed E-state index contributed by atoms with van der Waals surface area (Å²) in [5, 5.41) is 3.15. The number of benzene rings is 1. The van der Waals surface area contributed by atoms with Crippen molar-refractivity contribution < 1.29 is 18.3 Å². The van der Waals surface area contributed by atoms with E-state index in [1.165, 1.54) is 12.1 Å². The number of carbonyl (C=O) groups excluding carboxylic acids is 1. The summed E-state index contributed by atoms with van der Waals surface area (Å²) >= 11 is 0. The Labute approximate surface area is 123 Å². The highest BCUT2D eigenvalue weighted by molar-refractivity contribution is 5.69. The standard InChI is InChI=1S/C15H20F2N2O2/c1-15(2,3)21-14(20)19-8-13(9-19)18-7-10-4-11(16)6-12(17)5-10/h4-6,13,18H,7-9H2,1-3H3. The Morgan fingerprint density at radius 1 is 1.29 bits per heavy atom. The van der Waals surface area contributed by atoms with Crippen LogP contribution in [0.5, 0.6) is 0 Å². The van der Waals surface area contributed by atoms with Crippen molar-refractivity contribution in [3.63, 3.8) is 0 Å². The first-order valence-electron chi connectivity index (χ1n) is 6.89. The highest BCUT2D eigenvalue weighted by Crippen LogP contribution is 2.16. The quantitative estimate of drug-likeness (QED) is 0.933. The Morgan fingerprint density at radius 2 is 1.86 bits per heavy atom. The molecule has 1 aromatic rings. The maximum absolute atomic E-state index is 13.0. The molecule has 4 nitrogen and oxygen atoms in total. The minimum Gasteiger partial charge on any atom is -0.444 e. The van der Waals surface area contributed by atoms with Crippen molar-refractivity contribution in [2.45, 2.75) is 39.0 Å². The summed E-state index contributed by atoms with van der Waals surface area (Å²) < 4.78 is 31.3. The number of nitrogens with one attached hydrogen (secondary N) is 1. The van der Waals surface area contributed by atoms with E-state index in [2.05, 4.69) is 5.32 Å². The number of hydrogen-bond acceptors (Lipinski definition) is 3. The number of hydrogen-bond donors (Lipinski definition) is 1. The summed E-state index contributed by atoms with van der Waals surface area (Å²) in [6.45, 7) is 6.89. The number of carbonyl (C=O) groups is 1. The van der Waals surface area contributed by atoms with Crippen molar-refractivity contribution in [1.29, 1.82) is 0 Å². The number of ether oxygens (including phenoxy) is 1. The van der Waals surface area contributed by atoms with Crippen LogP contribution in [-0.2, 0) is 11.3 Å². The summed E-state index contributed by atoms with van der Waals surface area (Å²) in [4.78, 5) is 13.3. The number of nitrogens with zero attached hydrogens (tertiary/aromatic N) is 1. The molecule has 1 aliphatic heterocycles. The molecule has 2 rings (SSSR count). The topological polar surface area (TPSA) is 41.6 Å². The van der Waals surface area contributed by atoms with Crippen LogP contribution in [0.4, 0.5) is 13.6 Å². The number of halogens is 2. The molecule has 1 aromatic carbocycles. The van der Waals surface area contributed by atoms with E-state index >= 15 is 0 Å². The summed E-state index contributed by atoms with van der Waals surface area (Å²) in [5.74, 6) is -1.17. The molecule has 0 bridgehead atoms. The third kappa shape index (κ3) is 4.67. The van der Waals surface area contributed by atoms with E-state index in [1.807, 2.05) is 20.8 Å². The van der Waals surface area contributed by atoms with Gasteiger partial charge in [0.2, 0.25) is 0 Å². The lowest BCUT2D eigenvalue weighted by Crippen LogP contribution is -2.60. The number of amides is 1. The van der Waals surface area contributed by atoms with Gasteiger partial charge in [-0.05, 0) is 38.5 Å². The molecule has 0 radical (unpaired) electrons. The van der Waals surface area contributed by atoms with Crippen molar-refractivity contribution >= 4 is 6.09 Å². The fraction of sp³-hybridized carbons (Fsp3) is 0.533. The highest BCUT2D eigenvalue weighted by Gasteiger charge is 2.33. The zero-order chi connectivity index (χ0) is 15.6. The van der Waals surface area contributed by atoms with E-state index in [0.717, 1.165) is 6.07 Å². The predicted molar refractivity (Wildman–Crippen MR) is 74.8 cm³/mol. The Hall–Kier alpha value is -1.69. The first-order valence-corrected chi connectivity index (χ1v) is 6.89. The van der Waals surface area contributed by atoms with Gasteiger partial charge in [0.15, 0.2) is 0 Å². The minimum atomic E-state index is -0.587. The molecular weight excluding hydrogens is 278 g/mol. The zero-order valence-electron chi connectivity index (χ0n) is 12.5. The molecule has 0 atom stereocenters. The third-order valence-electron chi connectivity index (χ3n) is 3.05. The van der Waals surface area contributed by atoms with E-state index in [1.54, 1.807) is 4.90 Å². The van der Waals surface area contributed by atoms with Crippen molar-refractivity contribution in [2.24, 2.45) is 0 Å². The lowest BCUT2D eigenvalue weighted by atomic mass is 10.1. The Kier molecular flexibility index (Phi) is 4.46. The van der Waals surface area contributed by atoms with E-state index in [-0.39, 0.29) is 12.1 Å². The van der Waals surface area contributed by atoms with Crippen LogP contribution >= 0.6 is 0 Å². The second-order valence-corrected chi connectivity index (χ2v) is 6.24. The van der Waals surface area contributed by atoms with Crippen LogP contribution in [0.1, 0.15) is 26.3 Å². The molecule has 0 aliphatic carbocycles. The Morgan fingerprint density at radius 3 is 2.38 bits per heavy atom. The summed E-state index contributed by atoms with van der Waals surface area (Å²) in [6.07, 6.45) is -0.336. The fourth-order valence-corrected chi connectivity index (χ4v) is 2.06. The van der Waals surface area contributed by atoms with Crippen LogP contribution in [0.25, 0.3) is 0 Å². The van der Waals surface area contributed by atoms with Crippen LogP contribution < -0.4 is 5.32 Å². The Balaban J connectivity index is 1.74. The molecule has 1 heterocycles. The maximum Gasteiger partial charge on any atom is 0.410 e. The monoisotopic (exact) mass is 298 g/mol. The molecule has 0 saturated carbocycles. The predicted octanol–water partition coefficient (Wildman–Crippen LogP) is 2.67. The van der Waals surface area contributed by atoms with E-state index in [9.17, 15) is 13.6 Å². The van der Waals surface area contributed by atoms with Gasteiger partial charge < -0.3 is 15.0 Å². The highest BCUT2D eigenvalue weighted by atomic mass is 19.1. The van der Waals surface area contributed by atoms with Gasteiger partial charge in [-0.3, -0.25) is 0 Å². The smallest absolute Gasteiger partial charge is 0.410 e. The lowest BCUT2D eigenvalue weighted by molar-refractivity contribution is 0.00519. The van der Waals surface area contributed by atoms with Crippen LogP contribution in [0.3, 0.4) is 0 Å². The minimum absolute atomic E-state index is 0.115. The van der Waals surface area contributed by atoms with Gasteiger partial charge in [0.1, 0.15) is 17.2 Å². The molecule has 21 heavy (non-hydrogen) atoms. The second kappa shape index (κ2) is 5.97. The number of rotatable bonds is 3. The van der Waals surface area contributed by atoms with Gasteiger partial charge in [0, 0.05) is 31.7 Å². The molecule has 6 heteroatoms. The molecule has 116 valence electrons. The third-order valence-corrected chi connectivity index (χ3v) is 3.05. The summed E-state index contributed by atoms with van der Waals surface area (Å²) in [5.41, 5.74) is 0.0394. The molecule has 1 fully saturated rings. The van der Waals surface area contributed by atoms with Crippen LogP contribution in [0.2, 0.25) is 0 Å². The van der Waals surface area contributed by atoms with Crippen LogP contribution in [-0.4, -0.2) is 35.7 Å². The van der Waals surface area contributed by atoms with Gasteiger partial charge >= 0.3 is 6.09 Å². The fourth-order valence-electron chi connectivity index (χ4n) is 2.06. The van der Waals surface area contributed by atoms with E-state index in [0.29, 0.717) is 25.2 Å². The van der Waals surface area contributed by atoms with E-state index < -0.39 is 17.2 Å². The molecule has 0 aromatic heterocycles. The molecular formula is C15H20F2N2O2. The van der Waals surface area contributed by atoms with Gasteiger partial charge in [-0.15, -0.1) is 0 Å². The summed E-state index contributed by atoms with van der Waals surface area (Å²) in [6, 6.07) is 3.54. The van der Waals surface area contributed by atoms with Gasteiger partial charge in [-0.2, -0.15) is 0 Å². The molecule has 0 spiro atoms. The lowest BCUT2D eigenvalue weighted by Gasteiger charge is -2.40. The van der Waals surface area contributed by atoms with Crippen molar-refractivity contribution in [2.75, 3.05) is 13.1 Å². The van der Waals surface area contributed by atoms with Crippen molar-refractivity contribution in [1.82, 2.24) is 10.2 Å². The largest absolute Gasteiger partial charge is 0.444 e.